The van der Waals surface area contributed by atoms with E-state index in [1.165, 1.54) is 0 Å². The van der Waals surface area contributed by atoms with E-state index in [1.54, 1.807) is 0 Å². The van der Waals surface area contributed by atoms with Crippen LogP contribution in [0.4, 0.5) is 13.2 Å². The van der Waals surface area contributed by atoms with Gasteiger partial charge >= 0.3 is 6.18 Å². The fraction of sp³-hybridized carbons (Fsp3) is 0.600. The molecule has 2 unspecified atom stereocenters. The zero-order chi connectivity index (χ0) is 14.6. The lowest BCUT2D eigenvalue weighted by Gasteiger charge is -2.35. The maximum Gasteiger partial charge on any atom is 0.393 e. The van der Waals surface area contributed by atoms with Gasteiger partial charge in [0.05, 0.1) is 5.92 Å². The Bertz CT molecular complexity index is 407. The Morgan fingerprint density at radius 1 is 1.25 bits per heavy atom. The highest BCUT2D eigenvalue weighted by molar-refractivity contribution is 7.80. The van der Waals surface area contributed by atoms with E-state index in [-0.39, 0.29) is 18.9 Å². The molecule has 1 aromatic rings. The van der Waals surface area contributed by atoms with Crippen LogP contribution in [0.3, 0.4) is 0 Å². The monoisotopic (exact) mass is 303 g/mol. The minimum Gasteiger partial charge on any atom is -0.302 e. The van der Waals surface area contributed by atoms with Crippen molar-refractivity contribution < 1.29 is 13.2 Å². The third-order valence-electron chi connectivity index (χ3n) is 3.94. The number of nitrogens with zero attached hydrogens (tertiary/aromatic N) is 1. The zero-order valence-corrected chi connectivity index (χ0v) is 12.2. The standard InChI is InChI=1S/C15H20F3NS/c16-15(17,18)14-7-4-8-19(10-14)9-13(11-20)12-5-2-1-3-6-12/h1-3,5-6,13-14,20H,4,7-11H2. The zero-order valence-electron chi connectivity index (χ0n) is 11.3. The van der Waals surface area contributed by atoms with E-state index in [2.05, 4.69) is 12.6 Å². The summed E-state index contributed by atoms with van der Waals surface area (Å²) < 4.78 is 38.4. The van der Waals surface area contributed by atoms with Gasteiger partial charge in [0, 0.05) is 19.0 Å². The lowest BCUT2D eigenvalue weighted by Crippen LogP contribution is -2.43. The second-order valence-electron chi connectivity index (χ2n) is 5.43. The van der Waals surface area contributed by atoms with E-state index < -0.39 is 12.1 Å². The van der Waals surface area contributed by atoms with Crippen molar-refractivity contribution in [2.75, 3.05) is 25.4 Å². The minimum atomic E-state index is -4.07. The van der Waals surface area contributed by atoms with Crippen LogP contribution < -0.4 is 0 Å². The summed E-state index contributed by atoms with van der Waals surface area (Å²) in [5.74, 6) is -0.337. The number of hydrogen-bond acceptors (Lipinski definition) is 2. The number of halogens is 3. The van der Waals surface area contributed by atoms with Crippen molar-refractivity contribution in [2.24, 2.45) is 5.92 Å². The number of likely N-dealkylation sites (tertiary alicyclic amines) is 1. The number of benzene rings is 1. The van der Waals surface area contributed by atoms with E-state index in [0.29, 0.717) is 18.7 Å². The highest BCUT2D eigenvalue weighted by atomic mass is 32.1. The third-order valence-corrected chi connectivity index (χ3v) is 4.38. The number of hydrogen-bond donors (Lipinski definition) is 1. The highest BCUT2D eigenvalue weighted by Gasteiger charge is 2.41. The maximum absolute atomic E-state index is 12.8. The highest BCUT2D eigenvalue weighted by Crippen LogP contribution is 2.33. The lowest BCUT2D eigenvalue weighted by molar-refractivity contribution is -0.186. The summed E-state index contributed by atoms with van der Waals surface area (Å²) in [6, 6.07) is 9.90. The van der Waals surface area contributed by atoms with Gasteiger partial charge in [-0.05, 0) is 30.7 Å². The van der Waals surface area contributed by atoms with Gasteiger partial charge in [0.2, 0.25) is 0 Å². The Balaban J connectivity index is 1.98. The average Bonchev–Trinajstić information content (AvgIpc) is 2.45. The minimum absolute atomic E-state index is 0.126. The molecular formula is C15H20F3NS. The first-order valence-corrected chi connectivity index (χ1v) is 7.59. The first-order chi connectivity index (χ1) is 9.50. The van der Waals surface area contributed by atoms with Gasteiger partial charge in [0.1, 0.15) is 0 Å². The van der Waals surface area contributed by atoms with Crippen LogP contribution in [0.25, 0.3) is 0 Å². The van der Waals surface area contributed by atoms with Gasteiger partial charge < -0.3 is 4.90 Å². The predicted molar refractivity (Wildman–Crippen MR) is 78.3 cm³/mol. The second-order valence-corrected chi connectivity index (χ2v) is 5.80. The first kappa shape index (κ1) is 15.7. The van der Waals surface area contributed by atoms with Crippen LogP contribution in [0.15, 0.2) is 30.3 Å². The SMILES string of the molecule is FC(F)(F)C1CCCN(CC(CS)c2ccccc2)C1. The van der Waals surface area contributed by atoms with Crippen molar-refractivity contribution in [3.05, 3.63) is 35.9 Å². The van der Waals surface area contributed by atoms with Gasteiger partial charge in [-0.1, -0.05) is 30.3 Å². The summed E-state index contributed by atoms with van der Waals surface area (Å²) >= 11 is 4.36. The summed E-state index contributed by atoms with van der Waals surface area (Å²) in [5, 5.41) is 0. The van der Waals surface area contributed by atoms with Gasteiger partial charge in [-0.3, -0.25) is 0 Å². The Labute approximate surface area is 123 Å². The quantitative estimate of drug-likeness (QED) is 0.824. The summed E-state index contributed by atoms with van der Waals surface area (Å²) in [5.41, 5.74) is 1.15. The van der Waals surface area contributed by atoms with Crippen molar-refractivity contribution >= 4 is 12.6 Å². The molecule has 0 amide bonds. The largest absolute Gasteiger partial charge is 0.393 e. The molecule has 1 saturated heterocycles. The smallest absolute Gasteiger partial charge is 0.302 e. The van der Waals surface area contributed by atoms with Crippen LogP contribution in [0.2, 0.25) is 0 Å². The molecule has 0 aliphatic carbocycles. The summed E-state index contributed by atoms with van der Waals surface area (Å²) in [4.78, 5) is 1.94. The van der Waals surface area contributed by atoms with Crippen LogP contribution in [0.5, 0.6) is 0 Å². The second kappa shape index (κ2) is 6.85. The topological polar surface area (TPSA) is 3.24 Å². The molecule has 112 valence electrons. The normalized spacial score (nSPS) is 22.7. The van der Waals surface area contributed by atoms with Crippen molar-refractivity contribution in [3.8, 4) is 0 Å². The summed E-state index contributed by atoms with van der Waals surface area (Å²) in [6.07, 6.45) is -3.18. The molecule has 1 heterocycles. The molecule has 1 aromatic carbocycles. The van der Waals surface area contributed by atoms with Gasteiger partial charge in [0.25, 0.3) is 0 Å². The van der Waals surface area contributed by atoms with Crippen LogP contribution in [-0.4, -0.2) is 36.5 Å². The molecule has 0 radical (unpaired) electrons. The maximum atomic E-state index is 12.8. The van der Waals surface area contributed by atoms with Crippen LogP contribution in [0, 0.1) is 5.92 Å². The molecule has 0 saturated carbocycles. The molecule has 5 heteroatoms. The predicted octanol–water partition coefficient (Wildman–Crippen LogP) is 3.97. The van der Waals surface area contributed by atoms with E-state index in [1.807, 2.05) is 35.2 Å². The number of thiol groups is 1. The van der Waals surface area contributed by atoms with E-state index in [9.17, 15) is 13.2 Å². The van der Waals surface area contributed by atoms with Crippen LogP contribution in [0.1, 0.15) is 24.3 Å². The van der Waals surface area contributed by atoms with Crippen molar-refractivity contribution in [3.63, 3.8) is 0 Å². The van der Waals surface area contributed by atoms with Crippen molar-refractivity contribution in [1.82, 2.24) is 4.90 Å². The Hall–Kier alpha value is -0.680. The molecule has 1 fully saturated rings. The third kappa shape index (κ3) is 4.16. The fourth-order valence-electron chi connectivity index (χ4n) is 2.79. The van der Waals surface area contributed by atoms with Gasteiger partial charge in [-0.25, -0.2) is 0 Å². The molecule has 2 atom stereocenters. The van der Waals surface area contributed by atoms with Gasteiger partial charge in [-0.2, -0.15) is 25.8 Å². The number of rotatable bonds is 4. The molecular weight excluding hydrogens is 283 g/mol. The Morgan fingerprint density at radius 3 is 2.55 bits per heavy atom. The van der Waals surface area contributed by atoms with Gasteiger partial charge in [0.15, 0.2) is 0 Å². The van der Waals surface area contributed by atoms with Gasteiger partial charge in [-0.15, -0.1) is 0 Å². The molecule has 0 spiro atoms. The van der Waals surface area contributed by atoms with Crippen molar-refractivity contribution in [1.29, 1.82) is 0 Å². The van der Waals surface area contributed by atoms with E-state index >= 15 is 0 Å². The number of piperidine rings is 1. The molecule has 1 aliphatic rings. The van der Waals surface area contributed by atoms with E-state index in [4.69, 9.17) is 0 Å². The average molecular weight is 303 g/mol. The molecule has 0 aromatic heterocycles. The fourth-order valence-corrected chi connectivity index (χ4v) is 3.12. The number of alkyl halides is 3. The molecule has 1 aliphatic heterocycles. The summed E-state index contributed by atoms with van der Waals surface area (Å²) in [6.45, 7) is 1.53. The molecule has 0 N–H and O–H groups in total. The Kier molecular flexibility index (Phi) is 5.38. The molecule has 1 nitrogen and oxygen atoms in total. The lowest BCUT2D eigenvalue weighted by atomic mass is 9.94. The van der Waals surface area contributed by atoms with Crippen molar-refractivity contribution in [2.45, 2.75) is 24.9 Å². The summed E-state index contributed by atoms with van der Waals surface area (Å²) in [7, 11) is 0. The van der Waals surface area contributed by atoms with Crippen LogP contribution >= 0.6 is 12.6 Å². The van der Waals surface area contributed by atoms with Crippen LogP contribution in [-0.2, 0) is 0 Å². The molecule has 0 bridgehead atoms. The van der Waals surface area contributed by atoms with E-state index in [0.717, 1.165) is 12.1 Å². The molecule has 2 rings (SSSR count). The molecule has 20 heavy (non-hydrogen) atoms. The first-order valence-electron chi connectivity index (χ1n) is 6.95. The Morgan fingerprint density at radius 2 is 1.95 bits per heavy atom.